The van der Waals surface area contributed by atoms with Crippen molar-refractivity contribution in [2.75, 3.05) is 40.9 Å². The van der Waals surface area contributed by atoms with Gasteiger partial charge >= 0.3 is 7.82 Å². The molecular formula is C43H86N2O6P+. The summed E-state index contributed by atoms with van der Waals surface area (Å²) in [5, 5.41) is 13.8. The van der Waals surface area contributed by atoms with E-state index in [1.165, 1.54) is 135 Å². The maximum Gasteiger partial charge on any atom is 0.472 e. The van der Waals surface area contributed by atoms with Crippen LogP contribution in [0.1, 0.15) is 194 Å². The van der Waals surface area contributed by atoms with Gasteiger partial charge < -0.3 is 19.8 Å². The number of amides is 1. The fraction of sp³-hybridized carbons (Fsp3) is 0.884. The Bertz CT molecular complexity index is 907. The first kappa shape index (κ1) is 51.0. The summed E-state index contributed by atoms with van der Waals surface area (Å²) in [6.07, 6.45) is 41.0. The van der Waals surface area contributed by atoms with E-state index in [1.807, 2.05) is 27.2 Å². The summed E-state index contributed by atoms with van der Waals surface area (Å²) in [6, 6.07) is -0.857. The molecule has 0 spiro atoms. The zero-order valence-corrected chi connectivity index (χ0v) is 35.7. The molecule has 8 nitrogen and oxygen atoms in total. The molecule has 0 aromatic carbocycles. The van der Waals surface area contributed by atoms with Crippen molar-refractivity contribution < 1.29 is 32.9 Å². The van der Waals surface area contributed by atoms with Crippen molar-refractivity contribution in [3.63, 3.8) is 0 Å². The summed E-state index contributed by atoms with van der Waals surface area (Å²) in [7, 11) is 1.56. The summed E-state index contributed by atoms with van der Waals surface area (Å²) < 4.78 is 23.5. The van der Waals surface area contributed by atoms with Gasteiger partial charge in [0.2, 0.25) is 5.91 Å². The van der Waals surface area contributed by atoms with Gasteiger partial charge in [0.1, 0.15) is 13.2 Å². The van der Waals surface area contributed by atoms with E-state index >= 15 is 0 Å². The number of quaternary nitrogens is 1. The highest BCUT2D eigenvalue weighted by atomic mass is 31.2. The number of hydrogen-bond acceptors (Lipinski definition) is 5. The number of carbonyl (C=O) groups is 1. The van der Waals surface area contributed by atoms with Crippen molar-refractivity contribution in [3.8, 4) is 0 Å². The minimum atomic E-state index is -4.34. The van der Waals surface area contributed by atoms with Crippen LogP contribution in [-0.4, -0.2) is 73.4 Å². The lowest BCUT2D eigenvalue weighted by Crippen LogP contribution is -2.45. The highest BCUT2D eigenvalue weighted by molar-refractivity contribution is 7.47. The molecule has 0 saturated heterocycles. The van der Waals surface area contributed by atoms with Crippen molar-refractivity contribution in [3.05, 3.63) is 24.3 Å². The summed E-state index contributed by atoms with van der Waals surface area (Å²) in [4.78, 5) is 23.1. The van der Waals surface area contributed by atoms with Gasteiger partial charge in [0.25, 0.3) is 0 Å². The molecule has 0 rings (SSSR count). The van der Waals surface area contributed by atoms with E-state index in [2.05, 4.69) is 31.3 Å². The van der Waals surface area contributed by atoms with Crippen LogP contribution < -0.4 is 5.32 Å². The Hall–Kier alpha value is -1.02. The molecule has 9 heteroatoms. The van der Waals surface area contributed by atoms with Crippen LogP contribution in [0.4, 0.5) is 0 Å². The minimum Gasteiger partial charge on any atom is -0.387 e. The Labute approximate surface area is 322 Å². The average Bonchev–Trinajstić information content (AvgIpc) is 3.09. The van der Waals surface area contributed by atoms with E-state index in [4.69, 9.17) is 9.05 Å². The van der Waals surface area contributed by atoms with Crippen molar-refractivity contribution in [1.82, 2.24) is 5.32 Å². The van der Waals surface area contributed by atoms with Crippen molar-refractivity contribution >= 4 is 13.7 Å². The molecule has 0 aliphatic heterocycles. The summed E-state index contributed by atoms with van der Waals surface area (Å²) in [5.74, 6) is -0.187. The molecule has 52 heavy (non-hydrogen) atoms. The zero-order valence-electron chi connectivity index (χ0n) is 34.8. The lowest BCUT2D eigenvalue weighted by molar-refractivity contribution is -0.870. The molecule has 0 aromatic rings. The van der Waals surface area contributed by atoms with E-state index in [0.717, 1.165) is 38.5 Å². The molecule has 3 unspecified atom stereocenters. The number of nitrogens with one attached hydrogen (secondary N) is 1. The van der Waals surface area contributed by atoms with E-state index in [9.17, 15) is 19.4 Å². The first-order valence-corrected chi connectivity index (χ1v) is 23.2. The minimum absolute atomic E-state index is 0.0581. The third kappa shape index (κ3) is 37.3. The largest absolute Gasteiger partial charge is 0.472 e. The molecule has 0 radical (unpaired) electrons. The Balaban J connectivity index is 4.49. The quantitative estimate of drug-likeness (QED) is 0.0250. The van der Waals surface area contributed by atoms with Gasteiger partial charge in [0.05, 0.1) is 39.9 Å². The number of unbranched alkanes of at least 4 members (excludes halogenated alkanes) is 24. The fourth-order valence-corrected chi connectivity index (χ4v) is 6.91. The molecule has 0 aromatic heterocycles. The summed E-state index contributed by atoms with van der Waals surface area (Å²) in [6.45, 7) is 4.79. The number of hydrogen-bond donors (Lipinski definition) is 3. The topological polar surface area (TPSA) is 105 Å². The molecule has 0 bridgehead atoms. The average molecular weight is 758 g/mol. The van der Waals surface area contributed by atoms with Gasteiger partial charge in [-0.3, -0.25) is 13.8 Å². The number of aliphatic hydroxyl groups is 1. The van der Waals surface area contributed by atoms with E-state index < -0.39 is 20.0 Å². The van der Waals surface area contributed by atoms with Crippen LogP contribution in [0.25, 0.3) is 0 Å². The molecule has 1 amide bonds. The molecule has 0 aliphatic carbocycles. The van der Waals surface area contributed by atoms with Crippen molar-refractivity contribution in [1.29, 1.82) is 0 Å². The number of rotatable bonds is 39. The predicted molar refractivity (Wildman–Crippen MR) is 221 cm³/mol. The molecule has 308 valence electrons. The highest BCUT2D eigenvalue weighted by Crippen LogP contribution is 2.43. The van der Waals surface area contributed by atoms with E-state index in [-0.39, 0.29) is 19.1 Å². The highest BCUT2D eigenvalue weighted by Gasteiger charge is 2.27. The van der Waals surface area contributed by atoms with Gasteiger partial charge in [-0.25, -0.2) is 4.57 Å². The summed E-state index contributed by atoms with van der Waals surface area (Å²) >= 11 is 0. The number of nitrogens with zero attached hydrogens (tertiary/aromatic N) is 1. The second-order valence-electron chi connectivity index (χ2n) is 16.1. The molecule has 3 N–H and O–H groups in total. The number of likely N-dealkylation sites (N-methyl/N-ethyl adjacent to an activating group) is 1. The third-order valence-electron chi connectivity index (χ3n) is 9.67. The van der Waals surface area contributed by atoms with Crippen molar-refractivity contribution in [2.24, 2.45) is 0 Å². The SMILES string of the molecule is CCCCCCCCCCCCC/C=C/CC/C=C/C(O)C(COP(=O)(O)OCC[N+](C)(C)C)NC(=O)CCCCCCCCCCCCCCC. The second kappa shape index (κ2) is 35.7. The first-order valence-electron chi connectivity index (χ1n) is 21.7. The lowest BCUT2D eigenvalue weighted by Gasteiger charge is -2.25. The van der Waals surface area contributed by atoms with Crippen LogP contribution in [0.3, 0.4) is 0 Å². The maximum absolute atomic E-state index is 12.8. The van der Waals surface area contributed by atoms with E-state index in [1.54, 1.807) is 6.08 Å². The predicted octanol–water partition coefficient (Wildman–Crippen LogP) is 11.7. The number of phosphoric acid groups is 1. The summed E-state index contributed by atoms with van der Waals surface area (Å²) in [5.41, 5.74) is 0. The fourth-order valence-electron chi connectivity index (χ4n) is 6.17. The standard InChI is InChI=1S/C43H85N2O6P/c1-6-8-10-12-14-16-18-20-21-22-23-25-26-28-30-32-34-36-42(46)41(40-51-52(48,49)50-39-38-45(3,4)5)44-43(47)37-35-33-31-29-27-24-19-17-15-13-11-9-7-2/h26,28,34,36,41-42,46H,6-25,27,29-33,35,37-40H2,1-5H3,(H-,44,47,48,49)/p+1/b28-26+,36-34+. The van der Waals surface area contributed by atoms with Gasteiger partial charge in [0, 0.05) is 6.42 Å². The Morgan fingerprint density at radius 3 is 1.54 bits per heavy atom. The molecule has 0 fully saturated rings. The Morgan fingerprint density at radius 1 is 0.635 bits per heavy atom. The molecule has 0 saturated carbocycles. The normalized spacial score (nSPS) is 14.7. The van der Waals surface area contributed by atoms with Gasteiger partial charge in [0.15, 0.2) is 0 Å². The molecule has 0 aliphatic rings. The van der Waals surface area contributed by atoms with E-state index in [0.29, 0.717) is 17.4 Å². The van der Waals surface area contributed by atoms with Gasteiger partial charge in [-0.05, 0) is 32.1 Å². The van der Waals surface area contributed by atoms with Crippen LogP contribution in [0, 0.1) is 0 Å². The van der Waals surface area contributed by atoms with Crippen LogP contribution in [0.15, 0.2) is 24.3 Å². The van der Waals surface area contributed by atoms with Gasteiger partial charge in [-0.15, -0.1) is 0 Å². The maximum atomic E-state index is 12.8. The van der Waals surface area contributed by atoms with Crippen LogP contribution >= 0.6 is 7.82 Å². The van der Waals surface area contributed by atoms with Gasteiger partial charge in [-0.2, -0.15) is 0 Å². The Morgan fingerprint density at radius 2 is 1.06 bits per heavy atom. The number of aliphatic hydroxyl groups excluding tert-OH is 1. The van der Waals surface area contributed by atoms with Gasteiger partial charge in [-0.1, -0.05) is 179 Å². The Kier molecular flexibility index (Phi) is 35.0. The number of carbonyl (C=O) groups excluding carboxylic acids is 1. The number of allylic oxidation sites excluding steroid dienone is 3. The number of phosphoric ester groups is 1. The third-order valence-corrected chi connectivity index (χ3v) is 10.7. The molecule has 3 atom stereocenters. The van der Waals surface area contributed by atoms with Crippen LogP contribution in [0.2, 0.25) is 0 Å². The monoisotopic (exact) mass is 758 g/mol. The smallest absolute Gasteiger partial charge is 0.387 e. The first-order chi connectivity index (χ1) is 25.0. The molecular weight excluding hydrogens is 671 g/mol. The van der Waals surface area contributed by atoms with Crippen LogP contribution in [-0.2, 0) is 18.4 Å². The zero-order chi connectivity index (χ0) is 38.6. The van der Waals surface area contributed by atoms with Crippen LogP contribution in [0.5, 0.6) is 0 Å². The second-order valence-corrected chi connectivity index (χ2v) is 17.5. The molecule has 0 heterocycles. The lowest BCUT2D eigenvalue weighted by atomic mass is 10.0. The van der Waals surface area contributed by atoms with Crippen molar-refractivity contribution in [2.45, 2.75) is 206 Å².